The summed E-state index contributed by atoms with van der Waals surface area (Å²) in [7, 11) is 0. The van der Waals surface area contributed by atoms with Gasteiger partial charge >= 0.3 is 5.63 Å². The van der Waals surface area contributed by atoms with Crippen molar-refractivity contribution in [3.63, 3.8) is 0 Å². The molecule has 0 unspecified atom stereocenters. The van der Waals surface area contributed by atoms with Crippen molar-refractivity contribution in [2.45, 2.75) is 6.92 Å². The first kappa shape index (κ1) is 17.3. The third-order valence-corrected chi connectivity index (χ3v) is 4.98. The van der Waals surface area contributed by atoms with Crippen molar-refractivity contribution in [1.82, 2.24) is 9.55 Å². The average molecular weight is 450 g/mol. The Morgan fingerprint density at radius 2 is 1.92 bits per heavy atom. The third-order valence-electron chi connectivity index (χ3n) is 4.01. The number of para-hydroxylation sites is 1. The van der Waals surface area contributed by atoms with Gasteiger partial charge in [0.15, 0.2) is 0 Å². The lowest BCUT2D eigenvalue weighted by Crippen LogP contribution is -2.06. The van der Waals surface area contributed by atoms with Gasteiger partial charge in [0.05, 0.1) is 21.6 Å². The van der Waals surface area contributed by atoms with Crippen LogP contribution < -0.4 is 5.63 Å². The van der Waals surface area contributed by atoms with E-state index in [0.717, 1.165) is 15.7 Å². The molecule has 2 heterocycles. The lowest BCUT2D eigenvalue weighted by Gasteiger charge is -2.10. The Morgan fingerprint density at radius 3 is 2.69 bits per heavy atom. The average Bonchev–Trinajstić information content (AvgIpc) is 2.97. The Balaban J connectivity index is 2.01. The van der Waals surface area contributed by atoms with Gasteiger partial charge in [0.1, 0.15) is 5.69 Å². The van der Waals surface area contributed by atoms with Crippen LogP contribution >= 0.6 is 39.1 Å². The second kappa shape index (κ2) is 6.58. The fraction of sp³-hybridized carbons (Fsp3) is 0.0526. The van der Waals surface area contributed by atoms with Crippen molar-refractivity contribution >= 4 is 50.0 Å². The summed E-state index contributed by atoms with van der Waals surface area (Å²) in [5.74, 6) is 0.207. The summed E-state index contributed by atoms with van der Waals surface area (Å²) >= 11 is 15.8. The maximum atomic E-state index is 12.5. The number of aryl methyl sites for hydroxylation is 1. The minimum atomic E-state index is -0.487. The van der Waals surface area contributed by atoms with Crippen LogP contribution in [0.15, 0.2) is 62.3 Å². The standard InChI is InChI=1S/C19H11BrCl2N2O2/c1-10-6-12(21)8-13-17(10)23-18(26-19(13)25)16-7-11(20)9-24(16)15-5-3-2-4-14(15)22/h2-9H,1H3. The van der Waals surface area contributed by atoms with Crippen LogP contribution in [0.1, 0.15) is 5.56 Å². The van der Waals surface area contributed by atoms with E-state index in [1.165, 1.54) is 0 Å². The fourth-order valence-corrected chi connectivity index (χ4v) is 3.78. The molecule has 0 fully saturated rings. The number of aromatic nitrogens is 2. The number of hydrogen-bond acceptors (Lipinski definition) is 3. The first-order valence-corrected chi connectivity index (χ1v) is 9.23. The van der Waals surface area contributed by atoms with E-state index < -0.39 is 5.63 Å². The molecule has 2 aromatic heterocycles. The monoisotopic (exact) mass is 448 g/mol. The molecule has 0 saturated heterocycles. The molecule has 0 aliphatic heterocycles. The van der Waals surface area contributed by atoms with E-state index in [-0.39, 0.29) is 5.89 Å². The van der Waals surface area contributed by atoms with Crippen LogP contribution in [0.3, 0.4) is 0 Å². The minimum absolute atomic E-state index is 0.207. The minimum Gasteiger partial charge on any atom is -0.401 e. The summed E-state index contributed by atoms with van der Waals surface area (Å²) < 4.78 is 8.13. The Hall–Kier alpha value is -2.08. The molecule has 0 atom stereocenters. The largest absolute Gasteiger partial charge is 0.401 e. The van der Waals surface area contributed by atoms with E-state index in [0.29, 0.717) is 26.6 Å². The van der Waals surface area contributed by atoms with E-state index in [9.17, 15) is 4.79 Å². The first-order chi connectivity index (χ1) is 12.4. The Bertz CT molecular complexity index is 1210. The number of nitrogens with zero attached hydrogens (tertiary/aromatic N) is 2. The van der Waals surface area contributed by atoms with E-state index in [2.05, 4.69) is 20.9 Å². The lowest BCUT2D eigenvalue weighted by atomic mass is 10.1. The van der Waals surface area contributed by atoms with Gasteiger partial charge in [-0.25, -0.2) is 9.78 Å². The van der Waals surface area contributed by atoms with Gasteiger partial charge in [0.2, 0.25) is 5.89 Å². The smallest absolute Gasteiger partial charge is 0.347 e. The Kier molecular flexibility index (Phi) is 4.39. The van der Waals surface area contributed by atoms with Crippen molar-refractivity contribution in [2.24, 2.45) is 0 Å². The fourth-order valence-electron chi connectivity index (χ4n) is 2.86. The van der Waals surface area contributed by atoms with Gasteiger partial charge in [-0.15, -0.1) is 0 Å². The van der Waals surface area contributed by atoms with E-state index in [1.807, 2.05) is 42.0 Å². The molecular weight excluding hydrogens is 439 g/mol. The normalized spacial score (nSPS) is 11.2. The Labute approximate surface area is 167 Å². The van der Waals surface area contributed by atoms with E-state index >= 15 is 0 Å². The number of fused-ring (bicyclic) bond motifs is 1. The molecule has 0 aliphatic carbocycles. The van der Waals surface area contributed by atoms with E-state index in [1.54, 1.807) is 18.2 Å². The third kappa shape index (κ3) is 2.96. The summed E-state index contributed by atoms with van der Waals surface area (Å²) in [5, 5.41) is 1.40. The molecular formula is C19H11BrCl2N2O2. The van der Waals surface area contributed by atoms with Crippen LogP contribution in [0.2, 0.25) is 10.0 Å². The molecule has 0 radical (unpaired) electrons. The van der Waals surface area contributed by atoms with Gasteiger partial charge in [-0.1, -0.05) is 35.3 Å². The zero-order valence-electron chi connectivity index (χ0n) is 13.5. The molecule has 0 aliphatic rings. The number of halogens is 3. The molecule has 4 aromatic rings. The molecule has 0 saturated carbocycles. The highest BCUT2D eigenvalue weighted by Gasteiger charge is 2.17. The maximum Gasteiger partial charge on any atom is 0.347 e. The van der Waals surface area contributed by atoms with Gasteiger partial charge < -0.3 is 8.98 Å². The highest BCUT2D eigenvalue weighted by molar-refractivity contribution is 9.10. The number of hydrogen-bond donors (Lipinski definition) is 0. The maximum absolute atomic E-state index is 12.5. The summed E-state index contributed by atoms with van der Waals surface area (Å²) in [4.78, 5) is 17.1. The van der Waals surface area contributed by atoms with Crippen LogP contribution in [-0.2, 0) is 0 Å². The summed E-state index contributed by atoms with van der Waals surface area (Å²) in [6, 6.07) is 12.6. The molecule has 0 bridgehead atoms. The van der Waals surface area contributed by atoms with Gasteiger partial charge in [-0.3, -0.25) is 0 Å². The predicted molar refractivity (Wildman–Crippen MR) is 107 cm³/mol. The first-order valence-electron chi connectivity index (χ1n) is 7.68. The van der Waals surface area contributed by atoms with Crippen molar-refractivity contribution < 1.29 is 4.42 Å². The van der Waals surface area contributed by atoms with Gasteiger partial charge in [-0.05, 0) is 58.7 Å². The van der Waals surface area contributed by atoms with Gasteiger partial charge in [0.25, 0.3) is 0 Å². The topological polar surface area (TPSA) is 48.0 Å². The highest BCUT2D eigenvalue weighted by Crippen LogP contribution is 2.31. The van der Waals surface area contributed by atoms with Crippen LogP contribution in [-0.4, -0.2) is 9.55 Å². The molecule has 130 valence electrons. The van der Waals surface area contributed by atoms with Crippen molar-refractivity contribution in [3.05, 3.63) is 79.2 Å². The Morgan fingerprint density at radius 1 is 1.15 bits per heavy atom. The quantitative estimate of drug-likeness (QED) is 0.375. The molecule has 4 nitrogen and oxygen atoms in total. The molecule has 26 heavy (non-hydrogen) atoms. The summed E-state index contributed by atoms with van der Waals surface area (Å²) in [6.07, 6.45) is 1.84. The van der Waals surface area contributed by atoms with E-state index in [4.69, 9.17) is 27.6 Å². The molecule has 0 amide bonds. The van der Waals surface area contributed by atoms with Crippen molar-refractivity contribution in [2.75, 3.05) is 0 Å². The second-order valence-electron chi connectivity index (χ2n) is 5.79. The zero-order chi connectivity index (χ0) is 18.4. The van der Waals surface area contributed by atoms with Crippen molar-refractivity contribution in [1.29, 1.82) is 0 Å². The zero-order valence-corrected chi connectivity index (χ0v) is 16.6. The molecule has 2 aromatic carbocycles. The van der Waals surface area contributed by atoms with Gasteiger partial charge in [0, 0.05) is 15.7 Å². The molecule has 4 rings (SSSR count). The molecule has 0 N–H and O–H groups in total. The SMILES string of the molecule is Cc1cc(Cl)cc2c(=O)oc(-c3cc(Br)cn3-c3ccccc3Cl)nc12. The summed E-state index contributed by atoms with van der Waals surface area (Å²) in [6.45, 7) is 1.85. The highest BCUT2D eigenvalue weighted by atomic mass is 79.9. The number of benzene rings is 2. The summed E-state index contributed by atoms with van der Waals surface area (Å²) in [5.41, 5.74) is 2.24. The predicted octanol–water partition coefficient (Wildman–Crippen LogP) is 6.02. The van der Waals surface area contributed by atoms with Crippen molar-refractivity contribution in [3.8, 4) is 17.3 Å². The van der Waals surface area contributed by atoms with Gasteiger partial charge in [-0.2, -0.15) is 0 Å². The van der Waals surface area contributed by atoms with Crippen LogP contribution in [0, 0.1) is 6.92 Å². The number of rotatable bonds is 2. The van der Waals surface area contributed by atoms with Crippen LogP contribution in [0.5, 0.6) is 0 Å². The van der Waals surface area contributed by atoms with Crippen LogP contribution in [0.25, 0.3) is 28.2 Å². The molecule has 7 heteroatoms. The second-order valence-corrected chi connectivity index (χ2v) is 7.55. The lowest BCUT2D eigenvalue weighted by molar-refractivity contribution is 0.515. The molecule has 0 spiro atoms. The van der Waals surface area contributed by atoms with Crippen LogP contribution in [0.4, 0.5) is 0 Å².